The topological polar surface area (TPSA) is 85.4 Å². The second kappa shape index (κ2) is 10.1. The van der Waals surface area contributed by atoms with E-state index in [0.717, 1.165) is 31.2 Å². The predicted molar refractivity (Wildman–Crippen MR) is 110 cm³/mol. The van der Waals surface area contributed by atoms with Crippen molar-refractivity contribution in [2.45, 2.75) is 44.7 Å². The average Bonchev–Trinajstić information content (AvgIpc) is 2.76. The molecule has 0 spiro atoms. The van der Waals surface area contributed by atoms with Crippen molar-refractivity contribution in [3.8, 4) is 0 Å². The normalized spacial score (nSPS) is 13.2. The van der Waals surface area contributed by atoms with Gasteiger partial charge in [0.1, 0.15) is 0 Å². The number of carbonyl (C=O) groups is 3. The molecule has 0 unspecified atom stereocenters. The number of aryl methyl sites for hydroxylation is 2. The zero-order valence-corrected chi connectivity index (χ0v) is 17.7. The molecule has 170 valence electrons. The molecule has 1 N–H and O–H groups in total. The minimum atomic E-state index is -4.62. The first-order valence-electron chi connectivity index (χ1n) is 9.96. The minimum absolute atomic E-state index is 0.0640. The Hall–Kier alpha value is -2.94. The lowest BCUT2D eigenvalue weighted by Crippen LogP contribution is -2.22. The molecule has 3 rings (SSSR count). The SMILES string of the molecule is O=C(COC(=O)CCC(=O)c1ccc2c(c1)CCCC2)Nc1ncc(C(F)(F)F)cc1Cl. The number of anilines is 1. The van der Waals surface area contributed by atoms with Gasteiger partial charge in [-0.3, -0.25) is 14.4 Å². The Morgan fingerprint density at radius 2 is 1.78 bits per heavy atom. The number of carbonyl (C=O) groups excluding carboxylic acids is 3. The molecule has 0 bridgehead atoms. The molecule has 0 radical (unpaired) electrons. The van der Waals surface area contributed by atoms with E-state index in [1.54, 1.807) is 6.07 Å². The molecular weight excluding hydrogens is 449 g/mol. The van der Waals surface area contributed by atoms with Gasteiger partial charge in [0, 0.05) is 18.2 Å². The summed E-state index contributed by atoms with van der Waals surface area (Å²) in [6.45, 7) is -0.690. The van der Waals surface area contributed by atoms with Crippen molar-refractivity contribution >= 4 is 35.1 Å². The molecule has 0 fully saturated rings. The lowest BCUT2D eigenvalue weighted by Gasteiger charge is -2.16. The number of halogens is 4. The third kappa shape index (κ3) is 6.29. The van der Waals surface area contributed by atoms with Gasteiger partial charge in [-0.05, 0) is 48.9 Å². The highest BCUT2D eigenvalue weighted by atomic mass is 35.5. The highest BCUT2D eigenvalue weighted by molar-refractivity contribution is 6.33. The van der Waals surface area contributed by atoms with Crippen LogP contribution in [0.25, 0.3) is 0 Å². The lowest BCUT2D eigenvalue weighted by atomic mass is 9.89. The van der Waals surface area contributed by atoms with E-state index in [0.29, 0.717) is 17.8 Å². The summed E-state index contributed by atoms with van der Waals surface area (Å²) in [5.41, 5.74) is 1.90. The summed E-state index contributed by atoms with van der Waals surface area (Å²) in [4.78, 5) is 39.6. The summed E-state index contributed by atoms with van der Waals surface area (Å²) in [5, 5.41) is 1.76. The Labute approximate surface area is 187 Å². The van der Waals surface area contributed by atoms with Crippen LogP contribution in [0.3, 0.4) is 0 Å². The van der Waals surface area contributed by atoms with Gasteiger partial charge in [0.15, 0.2) is 18.2 Å². The number of benzene rings is 1. The van der Waals surface area contributed by atoms with Crippen molar-refractivity contribution in [2.24, 2.45) is 0 Å². The molecule has 0 atom stereocenters. The molecule has 0 aliphatic heterocycles. The van der Waals surface area contributed by atoms with Crippen LogP contribution in [0.1, 0.15) is 52.7 Å². The predicted octanol–water partition coefficient (Wildman–Crippen LogP) is 4.78. The molecular formula is C22H20ClF3N2O4. The van der Waals surface area contributed by atoms with Gasteiger partial charge in [0.2, 0.25) is 0 Å². The fourth-order valence-corrected chi connectivity index (χ4v) is 3.55. The molecule has 1 heterocycles. The number of rotatable bonds is 7. The number of esters is 1. The van der Waals surface area contributed by atoms with Crippen molar-refractivity contribution in [1.82, 2.24) is 4.98 Å². The van der Waals surface area contributed by atoms with Gasteiger partial charge < -0.3 is 10.1 Å². The number of fused-ring (bicyclic) bond motifs is 1. The number of amides is 1. The molecule has 32 heavy (non-hydrogen) atoms. The number of Topliss-reactive ketones (excluding diaryl/α,β-unsaturated/α-hetero) is 1. The molecule has 1 aromatic carbocycles. The summed E-state index contributed by atoms with van der Waals surface area (Å²) in [6.07, 6.45) is -0.191. The summed E-state index contributed by atoms with van der Waals surface area (Å²) in [5.74, 6) is -2.06. The van der Waals surface area contributed by atoms with Crippen molar-refractivity contribution in [3.63, 3.8) is 0 Å². The first kappa shape index (κ1) is 23.7. The Balaban J connectivity index is 1.44. The number of pyridine rings is 1. The fraction of sp³-hybridized carbons (Fsp3) is 0.364. The summed E-state index contributed by atoms with van der Waals surface area (Å²) in [7, 11) is 0. The van der Waals surface area contributed by atoms with Gasteiger partial charge in [-0.25, -0.2) is 4.98 Å². The summed E-state index contributed by atoms with van der Waals surface area (Å²) in [6, 6.07) is 6.20. The first-order valence-corrected chi connectivity index (χ1v) is 10.3. The number of hydrogen-bond acceptors (Lipinski definition) is 5. The number of alkyl halides is 3. The third-order valence-corrected chi connectivity index (χ3v) is 5.31. The Kier molecular flexibility index (Phi) is 7.50. The lowest BCUT2D eigenvalue weighted by molar-refractivity contribution is -0.147. The molecule has 1 aromatic heterocycles. The van der Waals surface area contributed by atoms with E-state index in [2.05, 4.69) is 10.3 Å². The van der Waals surface area contributed by atoms with Gasteiger partial charge in [0.05, 0.1) is 17.0 Å². The molecule has 1 amide bonds. The van der Waals surface area contributed by atoms with Gasteiger partial charge >= 0.3 is 12.1 Å². The minimum Gasteiger partial charge on any atom is -0.456 e. The number of hydrogen-bond donors (Lipinski definition) is 1. The van der Waals surface area contributed by atoms with Crippen LogP contribution in [0, 0.1) is 0 Å². The van der Waals surface area contributed by atoms with E-state index < -0.39 is 35.2 Å². The van der Waals surface area contributed by atoms with Gasteiger partial charge in [0.25, 0.3) is 5.91 Å². The second-order valence-corrected chi connectivity index (χ2v) is 7.78. The van der Waals surface area contributed by atoms with E-state index in [1.807, 2.05) is 12.1 Å². The van der Waals surface area contributed by atoms with Crippen LogP contribution in [-0.2, 0) is 33.3 Å². The largest absolute Gasteiger partial charge is 0.456 e. The molecule has 10 heteroatoms. The molecule has 6 nitrogen and oxygen atoms in total. The van der Waals surface area contributed by atoms with Gasteiger partial charge in [-0.15, -0.1) is 0 Å². The van der Waals surface area contributed by atoms with Gasteiger partial charge in [-0.1, -0.05) is 23.7 Å². The Bertz CT molecular complexity index is 1040. The van der Waals surface area contributed by atoms with Crippen molar-refractivity contribution in [1.29, 1.82) is 0 Å². The highest BCUT2D eigenvalue weighted by Gasteiger charge is 2.31. The van der Waals surface area contributed by atoms with Crippen LogP contribution < -0.4 is 5.32 Å². The maximum absolute atomic E-state index is 12.6. The van der Waals surface area contributed by atoms with Crippen LogP contribution in [0.15, 0.2) is 30.5 Å². The quantitative estimate of drug-likeness (QED) is 0.467. The number of nitrogens with zero attached hydrogens (tertiary/aromatic N) is 1. The standard InChI is InChI=1S/C22H20ClF3N2O4/c23-17-10-16(22(24,25)26)11-27-21(17)28-19(30)12-32-20(31)8-7-18(29)15-6-5-13-3-1-2-4-14(13)9-15/h5-6,9-11H,1-4,7-8,12H2,(H,27,28,30). The van der Waals surface area contributed by atoms with Crippen molar-refractivity contribution in [3.05, 3.63) is 57.7 Å². The maximum Gasteiger partial charge on any atom is 0.417 e. The average molecular weight is 469 g/mol. The van der Waals surface area contributed by atoms with Gasteiger partial charge in [-0.2, -0.15) is 13.2 Å². The van der Waals surface area contributed by atoms with E-state index in [4.69, 9.17) is 16.3 Å². The molecule has 1 aliphatic rings. The monoisotopic (exact) mass is 468 g/mol. The van der Waals surface area contributed by atoms with Crippen LogP contribution in [0.4, 0.5) is 19.0 Å². The molecule has 2 aromatic rings. The molecule has 0 saturated heterocycles. The fourth-order valence-electron chi connectivity index (χ4n) is 3.34. The van der Waals surface area contributed by atoms with Crippen molar-refractivity contribution in [2.75, 3.05) is 11.9 Å². The van der Waals surface area contributed by atoms with E-state index in [1.165, 1.54) is 5.56 Å². The smallest absolute Gasteiger partial charge is 0.417 e. The Morgan fingerprint density at radius 1 is 1.06 bits per heavy atom. The molecule has 0 saturated carbocycles. The zero-order chi connectivity index (χ0) is 23.3. The van der Waals surface area contributed by atoms with Crippen molar-refractivity contribution < 1.29 is 32.3 Å². The molecule has 1 aliphatic carbocycles. The van der Waals surface area contributed by atoms with E-state index in [9.17, 15) is 27.6 Å². The number of aromatic nitrogens is 1. The van der Waals surface area contributed by atoms with Crippen LogP contribution >= 0.6 is 11.6 Å². The van der Waals surface area contributed by atoms with E-state index in [-0.39, 0.29) is 24.4 Å². The summed E-state index contributed by atoms with van der Waals surface area (Å²) < 4.78 is 42.7. The first-order chi connectivity index (χ1) is 15.1. The number of ether oxygens (including phenoxy) is 1. The zero-order valence-electron chi connectivity index (χ0n) is 16.9. The highest BCUT2D eigenvalue weighted by Crippen LogP contribution is 2.32. The maximum atomic E-state index is 12.6. The Morgan fingerprint density at radius 3 is 2.47 bits per heavy atom. The third-order valence-electron chi connectivity index (χ3n) is 5.02. The van der Waals surface area contributed by atoms with E-state index >= 15 is 0 Å². The van der Waals surface area contributed by atoms with Crippen LogP contribution in [-0.4, -0.2) is 29.3 Å². The second-order valence-electron chi connectivity index (χ2n) is 7.37. The summed E-state index contributed by atoms with van der Waals surface area (Å²) >= 11 is 5.71. The number of nitrogens with one attached hydrogen (secondary N) is 1. The number of ketones is 1. The van der Waals surface area contributed by atoms with Crippen LogP contribution in [0.5, 0.6) is 0 Å². The van der Waals surface area contributed by atoms with Crippen LogP contribution in [0.2, 0.25) is 5.02 Å².